The van der Waals surface area contributed by atoms with Crippen molar-refractivity contribution in [2.45, 2.75) is 205 Å². The van der Waals surface area contributed by atoms with Gasteiger partial charge in [0.25, 0.3) is 10.1 Å². The summed E-state index contributed by atoms with van der Waals surface area (Å²) in [6.45, 7) is 4.45. The number of unbranched alkanes of at least 4 members (excludes halogenated alkanes) is 22. The summed E-state index contributed by atoms with van der Waals surface area (Å²) in [5.74, 6) is -1.46. The fourth-order valence-corrected chi connectivity index (χ4v) is 6.56. The van der Waals surface area contributed by atoms with Gasteiger partial charge in [0.2, 0.25) is 5.91 Å². The summed E-state index contributed by atoms with van der Waals surface area (Å²) in [6, 6.07) is -1.14. The predicted molar refractivity (Wildman–Crippen MR) is 195 cm³/mol. The van der Waals surface area contributed by atoms with Gasteiger partial charge in [-0.2, -0.15) is 8.42 Å². The minimum Gasteiger partial charge on any atom is -0.391 e. The number of nitrogens with one attached hydrogen (secondary N) is 1. The van der Waals surface area contributed by atoms with Gasteiger partial charge in [-0.3, -0.25) is 9.35 Å². The number of hydrogen-bond acceptors (Lipinski definition) is 5. The fourth-order valence-electron chi connectivity index (χ4n) is 5.80. The van der Waals surface area contributed by atoms with Crippen LogP contribution in [0, 0.1) is 0 Å². The Kier molecular flexibility index (Phi) is 31.5. The van der Waals surface area contributed by atoms with Crippen molar-refractivity contribution in [3.05, 3.63) is 24.3 Å². The zero-order chi connectivity index (χ0) is 34.1. The van der Waals surface area contributed by atoms with E-state index in [1.165, 1.54) is 103 Å². The van der Waals surface area contributed by atoms with E-state index in [1.807, 2.05) is 0 Å². The molecular weight excluding hydrogens is 598 g/mol. The Labute approximate surface area is 284 Å². The van der Waals surface area contributed by atoms with E-state index in [0.29, 0.717) is 25.7 Å². The van der Waals surface area contributed by atoms with Crippen molar-refractivity contribution in [1.29, 1.82) is 0 Å². The van der Waals surface area contributed by atoms with E-state index in [2.05, 4.69) is 43.5 Å². The number of allylic oxidation sites excluding steroid dienone is 4. The molecule has 3 unspecified atom stereocenters. The number of amides is 1. The lowest BCUT2D eigenvalue weighted by Crippen LogP contribution is -2.50. The van der Waals surface area contributed by atoms with Crippen LogP contribution in [0.25, 0.3) is 0 Å². The molecule has 0 fully saturated rings. The number of rotatable bonds is 34. The molecule has 8 heteroatoms. The summed E-state index contributed by atoms with van der Waals surface area (Å²) in [5, 5.41) is 23.4. The highest BCUT2D eigenvalue weighted by Crippen LogP contribution is 2.15. The Morgan fingerprint density at radius 1 is 0.587 bits per heavy atom. The molecule has 0 aromatic rings. The molecule has 46 heavy (non-hydrogen) atoms. The molecule has 0 aromatic carbocycles. The van der Waals surface area contributed by atoms with Gasteiger partial charge >= 0.3 is 0 Å². The van der Waals surface area contributed by atoms with E-state index in [9.17, 15) is 28.0 Å². The molecular formula is C38H73NO6S. The number of hydrogen-bond donors (Lipinski definition) is 4. The van der Waals surface area contributed by atoms with Gasteiger partial charge in [0, 0.05) is 0 Å². The van der Waals surface area contributed by atoms with Gasteiger partial charge in [-0.25, -0.2) is 0 Å². The Morgan fingerprint density at radius 2 is 0.957 bits per heavy atom. The van der Waals surface area contributed by atoms with Crippen LogP contribution in [0.15, 0.2) is 24.3 Å². The van der Waals surface area contributed by atoms with Crippen molar-refractivity contribution >= 4 is 16.0 Å². The van der Waals surface area contributed by atoms with Gasteiger partial charge < -0.3 is 15.5 Å². The first-order valence-corrected chi connectivity index (χ1v) is 20.8. The van der Waals surface area contributed by atoms with Gasteiger partial charge in [0.15, 0.2) is 0 Å². The molecule has 0 aliphatic heterocycles. The van der Waals surface area contributed by atoms with E-state index < -0.39 is 40.0 Å². The van der Waals surface area contributed by atoms with E-state index in [1.54, 1.807) is 0 Å². The highest BCUT2D eigenvalue weighted by atomic mass is 32.2. The lowest BCUT2D eigenvalue weighted by Gasteiger charge is -2.24. The predicted octanol–water partition coefficient (Wildman–Crippen LogP) is 9.77. The zero-order valence-electron chi connectivity index (χ0n) is 29.8. The largest absolute Gasteiger partial charge is 0.391 e. The van der Waals surface area contributed by atoms with E-state index in [4.69, 9.17) is 0 Å². The Morgan fingerprint density at radius 3 is 1.41 bits per heavy atom. The fraction of sp³-hybridized carbons (Fsp3) is 0.868. The molecule has 0 spiro atoms. The van der Waals surface area contributed by atoms with Crippen molar-refractivity contribution in [1.82, 2.24) is 5.32 Å². The maximum absolute atomic E-state index is 12.6. The molecule has 0 aliphatic rings. The van der Waals surface area contributed by atoms with Gasteiger partial charge in [-0.1, -0.05) is 173 Å². The van der Waals surface area contributed by atoms with Crippen LogP contribution in [0.4, 0.5) is 0 Å². The van der Waals surface area contributed by atoms with Crippen LogP contribution in [0.5, 0.6) is 0 Å². The highest BCUT2D eigenvalue weighted by molar-refractivity contribution is 7.85. The maximum Gasteiger partial charge on any atom is 0.266 e. The van der Waals surface area contributed by atoms with Crippen molar-refractivity contribution in [3.63, 3.8) is 0 Å². The molecule has 0 bridgehead atoms. The zero-order valence-corrected chi connectivity index (χ0v) is 30.6. The van der Waals surface area contributed by atoms with E-state index in [-0.39, 0.29) is 0 Å². The Hall–Kier alpha value is -1.22. The summed E-state index contributed by atoms with van der Waals surface area (Å²) < 4.78 is 32.4. The van der Waals surface area contributed by atoms with Crippen molar-refractivity contribution < 1.29 is 28.0 Å². The molecule has 0 heterocycles. The SMILES string of the molecule is CCCCC/C=C\C=C/CCCCCCCCCCCC(O)C(=O)NC(CS(=O)(=O)O)C(O)CCCCCCCCCCCCC. The molecule has 7 nitrogen and oxygen atoms in total. The average Bonchev–Trinajstić information content (AvgIpc) is 3.01. The normalized spacial score (nSPS) is 14.3. The molecule has 0 saturated heterocycles. The monoisotopic (exact) mass is 672 g/mol. The van der Waals surface area contributed by atoms with E-state index >= 15 is 0 Å². The van der Waals surface area contributed by atoms with Gasteiger partial charge in [0.05, 0.1) is 17.9 Å². The summed E-state index contributed by atoms with van der Waals surface area (Å²) >= 11 is 0. The van der Waals surface area contributed by atoms with E-state index in [0.717, 1.165) is 44.9 Å². The van der Waals surface area contributed by atoms with Crippen LogP contribution in [0.3, 0.4) is 0 Å². The first-order valence-electron chi connectivity index (χ1n) is 19.1. The second kappa shape index (κ2) is 32.3. The van der Waals surface area contributed by atoms with Crippen LogP contribution in [-0.4, -0.2) is 53.1 Å². The molecule has 0 aliphatic carbocycles. The van der Waals surface area contributed by atoms with Crippen LogP contribution in [0.1, 0.15) is 187 Å². The van der Waals surface area contributed by atoms with Crippen LogP contribution < -0.4 is 5.32 Å². The molecule has 0 aromatic heterocycles. The third-order valence-corrected chi connectivity index (χ3v) is 9.57. The minimum absolute atomic E-state index is 0.292. The topological polar surface area (TPSA) is 124 Å². The summed E-state index contributed by atoms with van der Waals surface area (Å²) in [5.41, 5.74) is 0. The third-order valence-electron chi connectivity index (χ3n) is 8.79. The number of carbonyl (C=O) groups excluding carboxylic acids is 1. The molecule has 272 valence electrons. The lowest BCUT2D eigenvalue weighted by molar-refractivity contribution is -0.131. The Balaban J connectivity index is 4.00. The first kappa shape index (κ1) is 44.8. The third kappa shape index (κ3) is 31.4. The molecule has 3 atom stereocenters. The maximum atomic E-state index is 12.6. The quantitative estimate of drug-likeness (QED) is 0.0307. The second-order valence-electron chi connectivity index (χ2n) is 13.4. The molecule has 4 N–H and O–H groups in total. The van der Waals surface area contributed by atoms with Gasteiger partial charge in [-0.05, 0) is 38.5 Å². The molecule has 0 rings (SSSR count). The number of carbonyl (C=O) groups is 1. The van der Waals surface area contributed by atoms with Crippen LogP contribution >= 0.6 is 0 Å². The van der Waals surface area contributed by atoms with Crippen LogP contribution in [0.2, 0.25) is 0 Å². The molecule has 0 radical (unpaired) electrons. The van der Waals surface area contributed by atoms with Crippen molar-refractivity contribution in [3.8, 4) is 0 Å². The summed E-state index contributed by atoms with van der Waals surface area (Å²) in [6.07, 6.45) is 36.2. The van der Waals surface area contributed by atoms with Crippen molar-refractivity contribution in [2.75, 3.05) is 5.75 Å². The summed E-state index contributed by atoms with van der Waals surface area (Å²) in [4.78, 5) is 12.6. The molecule has 0 saturated carbocycles. The smallest absolute Gasteiger partial charge is 0.266 e. The number of aliphatic hydroxyl groups excluding tert-OH is 2. The Bertz CT molecular complexity index is 844. The average molecular weight is 672 g/mol. The minimum atomic E-state index is -4.40. The highest BCUT2D eigenvalue weighted by Gasteiger charge is 2.28. The second-order valence-corrected chi connectivity index (χ2v) is 14.9. The summed E-state index contributed by atoms with van der Waals surface area (Å²) in [7, 11) is -4.40. The van der Waals surface area contributed by atoms with Crippen LogP contribution in [-0.2, 0) is 14.9 Å². The standard InChI is InChI=1S/C38H73NO6S/c1-3-5-7-9-11-13-15-16-17-18-19-20-21-23-25-27-29-31-33-37(41)38(42)39-35(34-46(43,44)45)36(40)32-30-28-26-24-22-14-12-10-8-6-4-2/h11,13,15-16,35-37,40-41H,3-10,12,14,17-34H2,1-2H3,(H,39,42)(H,43,44,45)/b13-11-,16-15-. The van der Waals surface area contributed by atoms with Crippen molar-refractivity contribution in [2.24, 2.45) is 0 Å². The first-order chi connectivity index (χ1) is 22.2. The van der Waals surface area contributed by atoms with Gasteiger partial charge in [-0.15, -0.1) is 0 Å². The molecule has 1 amide bonds. The van der Waals surface area contributed by atoms with Gasteiger partial charge in [0.1, 0.15) is 6.10 Å². The lowest BCUT2D eigenvalue weighted by atomic mass is 10.0. The number of aliphatic hydroxyl groups is 2.